The Hall–Kier alpha value is -0.120. The molecule has 7 nitrogen and oxygen atoms in total. The van der Waals surface area contributed by atoms with Crippen molar-refractivity contribution in [3.63, 3.8) is 0 Å². The van der Waals surface area contributed by atoms with E-state index in [0.717, 1.165) is 32.2 Å². The molecule has 134 valence electrons. The molecule has 0 aromatic rings. The van der Waals surface area contributed by atoms with E-state index < -0.39 is 10.0 Å². The Morgan fingerprint density at radius 2 is 1.77 bits per heavy atom. The maximum Gasteiger partial charge on any atom is 0.234 e. The Balaban J connectivity index is 0. The van der Waals surface area contributed by atoms with Gasteiger partial charge in [-0.3, -0.25) is 9.69 Å². The Labute approximate surface area is 146 Å². The number of hydrogen-bond donors (Lipinski definition) is 2. The third-order valence-corrected chi connectivity index (χ3v) is 4.95. The number of nitrogens with one attached hydrogen (secondary N) is 2. The zero-order chi connectivity index (χ0) is 15.2. The average Bonchev–Trinajstić information content (AvgIpc) is 2.38. The highest BCUT2D eigenvalue weighted by molar-refractivity contribution is 7.88. The van der Waals surface area contributed by atoms with Crippen molar-refractivity contribution in [1.82, 2.24) is 19.8 Å². The number of sulfonamides is 1. The summed E-state index contributed by atoms with van der Waals surface area (Å²) < 4.78 is 23.6. The highest BCUT2D eigenvalue weighted by Crippen LogP contribution is 2.08. The molecular formula is C12H28Cl2N4O3S. The van der Waals surface area contributed by atoms with Gasteiger partial charge in [-0.05, 0) is 33.0 Å². The molecule has 0 saturated carbocycles. The van der Waals surface area contributed by atoms with Gasteiger partial charge in [0.25, 0.3) is 0 Å². The molecule has 0 aliphatic carbocycles. The Bertz CT molecular complexity index is 417. The van der Waals surface area contributed by atoms with Crippen molar-refractivity contribution in [3.05, 3.63) is 0 Å². The smallest absolute Gasteiger partial charge is 0.234 e. The van der Waals surface area contributed by atoms with Crippen LogP contribution in [0, 0.1) is 0 Å². The van der Waals surface area contributed by atoms with Crippen LogP contribution >= 0.6 is 24.8 Å². The van der Waals surface area contributed by atoms with Crippen molar-refractivity contribution in [2.45, 2.75) is 18.9 Å². The van der Waals surface area contributed by atoms with E-state index in [2.05, 4.69) is 15.5 Å². The lowest BCUT2D eigenvalue weighted by atomic mass is 10.1. The van der Waals surface area contributed by atoms with E-state index in [1.165, 1.54) is 11.4 Å². The zero-order valence-corrected chi connectivity index (χ0v) is 15.8. The second kappa shape index (κ2) is 11.4. The third kappa shape index (κ3) is 9.12. The number of amides is 1. The summed E-state index contributed by atoms with van der Waals surface area (Å²) in [6.45, 7) is 2.98. The average molecular weight is 379 g/mol. The number of nitrogens with zero attached hydrogens (tertiary/aromatic N) is 2. The first-order valence-corrected chi connectivity index (χ1v) is 8.74. The van der Waals surface area contributed by atoms with Crippen molar-refractivity contribution in [2.75, 3.05) is 53.1 Å². The zero-order valence-electron chi connectivity index (χ0n) is 13.4. The summed E-state index contributed by atoms with van der Waals surface area (Å²) in [4.78, 5) is 13.9. The summed E-state index contributed by atoms with van der Waals surface area (Å²) in [5.41, 5.74) is 0. The Kier molecular flexibility index (Phi) is 12.5. The van der Waals surface area contributed by atoms with E-state index in [-0.39, 0.29) is 30.7 Å². The number of rotatable bonds is 7. The predicted octanol–water partition coefficient (Wildman–Crippen LogP) is -0.479. The van der Waals surface area contributed by atoms with Crippen LogP contribution in [0.3, 0.4) is 0 Å². The lowest BCUT2D eigenvalue weighted by Gasteiger charge is -2.31. The van der Waals surface area contributed by atoms with Gasteiger partial charge in [0.2, 0.25) is 15.9 Å². The van der Waals surface area contributed by atoms with E-state index in [4.69, 9.17) is 0 Å². The van der Waals surface area contributed by atoms with Gasteiger partial charge in [0.15, 0.2) is 0 Å². The first-order valence-electron chi connectivity index (χ1n) is 6.89. The molecule has 0 aromatic heterocycles. The second-order valence-corrected chi connectivity index (χ2v) is 7.42. The van der Waals surface area contributed by atoms with Crippen LogP contribution in [0.5, 0.6) is 0 Å². The van der Waals surface area contributed by atoms with Crippen LogP contribution in [-0.4, -0.2) is 82.6 Å². The fraction of sp³-hybridized carbons (Fsp3) is 0.917. The van der Waals surface area contributed by atoms with Gasteiger partial charge in [-0.2, -0.15) is 0 Å². The van der Waals surface area contributed by atoms with Gasteiger partial charge in [-0.25, -0.2) is 12.7 Å². The fourth-order valence-electron chi connectivity index (χ4n) is 2.18. The van der Waals surface area contributed by atoms with Crippen molar-refractivity contribution in [1.29, 1.82) is 0 Å². The number of piperidine rings is 1. The lowest BCUT2D eigenvalue weighted by molar-refractivity contribution is -0.122. The summed E-state index contributed by atoms with van der Waals surface area (Å²) >= 11 is 0. The molecule has 1 saturated heterocycles. The van der Waals surface area contributed by atoms with Crippen molar-refractivity contribution in [3.8, 4) is 0 Å². The first kappa shape index (κ1) is 24.1. The molecular weight excluding hydrogens is 351 g/mol. The largest absolute Gasteiger partial charge is 0.354 e. The van der Waals surface area contributed by atoms with Gasteiger partial charge in [-0.1, -0.05) is 0 Å². The molecule has 10 heteroatoms. The first-order chi connectivity index (χ1) is 9.30. The molecule has 1 amide bonds. The van der Waals surface area contributed by atoms with Gasteiger partial charge in [0.1, 0.15) is 0 Å². The number of hydrogen-bond acceptors (Lipinski definition) is 5. The molecule has 0 radical (unpaired) electrons. The Morgan fingerprint density at radius 1 is 1.23 bits per heavy atom. The van der Waals surface area contributed by atoms with Crippen LogP contribution in [-0.2, 0) is 14.8 Å². The van der Waals surface area contributed by atoms with Gasteiger partial charge >= 0.3 is 0 Å². The van der Waals surface area contributed by atoms with Gasteiger partial charge < -0.3 is 10.6 Å². The van der Waals surface area contributed by atoms with Crippen molar-refractivity contribution in [2.24, 2.45) is 0 Å². The molecule has 1 heterocycles. The monoisotopic (exact) mass is 378 g/mol. The van der Waals surface area contributed by atoms with E-state index in [1.807, 2.05) is 7.05 Å². The van der Waals surface area contributed by atoms with Crippen LogP contribution in [0.1, 0.15) is 12.8 Å². The summed E-state index contributed by atoms with van der Waals surface area (Å²) in [6, 6.07) is 0.445. The number of halogens is 2. The lowest BCUT2D eigenvalue weighted by Crippen LogP contribution is -2.46. The van der Waals surface area contributed by atoms with Crippen molar-refractivity contribution < 1.29 is 13.2 Å². The van der Waals surface area contributed by atoms with Crippen LogP contribution in [0.15, 0.2) is 0 Å². The van der Waals surface area contributed by atoms with Crippen LogP contribution in [0.25, 0.3) is 0 Å². The highest BCUT2D eigenvalue weighted by Gasteiger charge is 2.19. The van der Waals surface area contributed by atoms with E-state index >= 15 is 0 Å². The summed E-state index contributed by atoms with van der Waals surface area (Å²) in [6.07, 6.45) is 3.26. The summed E-state index contributed by atoms with van der Waals surface area (Å²) in [7, 11) is 0.283. The number of carbonyl (C=O) groups is 1. The van der Waals surface area contributed by atoms with E-state index in [9.17, 15) is 13.2 Å². The summed E-state index contributed by atoms with van der Waals surface area (Å²) in [5.74, 6) is -0.0621. The molecule has 2 N–H and O–H groups in total. The fourth-order valence-corrected chi connectivity index (χ4v) is 2.60. The number of carbonyl (C=O) groups excluding carboxylic acids is 1. The van der Waals surface area contributed by atoms with E-state index in [0.29, 0.717) is 25.7 Å². The summed E-state index contributed by atoms with van der Waals surface area (Å²) in [5, 5.41) is 6.05. The molecule has 0 bridgehead atoms. The molecule has 1 aliphatic heterocycles. The second-order valence-electron chi connectivity index (χ2n) is 5.33. The number of likely N-dealkylation sites (N-methyl/N-ethyl adjacent to an activating group) is 2. The van der Waals surface area contributed by atoms with Gasteiger partial charge in [-0.15, -0.1) is 24.8 Å². The van der Waals surface area contributed by atoms with Crippen LogP contribution in [0.2, 0.25) is 0 Å². The standard InChI is InChI=1S/C12H26N4O3S.2ClH/c1-15(11-4-6-13-7-5-11)10-12(17)14-8-9-16(2)20(3,18)19;;/h11,13H,4-10H2,1-3H3,(H,14,17);2*1H. The van der Waals surface area contributed by atoms with Crippen LogP contribution < -0.4 is 10.6 Å². The van der Waals surface area contributed by atoms with Gasteiger partial charge in [0, 0.05) is 26.2 Å². The normalized spacial score (nSPS) is 16.0. The minimum atomic E-state index is -3.18. The van der Waals surface area contributed by atoms with Crippen LogP contribution in [0.4, 0.5) is 0 Å². The maximum atomic E-state index is 11.8. The SMILES string of the molecule is CN(CC(=O)NCCN(C)S(C)(=O)=O)C1CCNCC1.Cl.Cl. The van der Waals surface area contributed by atoms with Crippen molar-refractivity contribution >= 4 is 40.7 Å². The molecule has 0 spiro atoms. The minimum Gasteiger partial charge on any atom is -0.354 e. The molecule has 1 aliphatic rings. The van der Waals surface area contributed by atoms with Gasteiger partial charge in [0.05, 0.1) is 12.8 Å². The molecule has 22 heavy (non-hydrogen) atoms. The predicted molar refractivity (Wildman–Crippen MR) is 93.5 cm³/mol. The van der Waals surface area contributed by atoms with E-state index in [1.54, 1.807) is 0 Å². The quantitative estimate of drug-likeness (QED) is 0.625. The molecule has 0 unspecified atom stereocenters. The third-order valence-electron chi connectivity index (χ3n) is 3.64. The highest BCUT2D eigenvalue weighted by atomic mass is 35.5. The Morgan fingerprint density at radius 3 is 2.27 bits per heavy atom. The maximum absolute atomic E-state index is 11.8. The molecule has 0 atom stereocenters. The molecule has 1 fully saturated rings. The topological polar surface area (TPSA) is 81.8 Å². The molecule has 1 rings (SSSR count). The minimum absolute atomic E-state index is 0. The molecule has 0 aromatic carbocycles.